The molecule has 6 nitrogen and oxygen atoms in total. The summed E-state index contributed by atoms with van der Waals surface area (Å²) in [6, 6.07) is 7.07. The summed E-state index contributed by atoms with van der Waals surface area (Å²) >= 11 is 0. The van der Waals surface area contributed by atoms with Gasteiger partial charge >= 0.3 is 0 Å². The maximum Gasteiger partial charge on any atom is 0.183 e. The number of benzene rings is 1. The van der Waals surface area contributed by atoms with Crippen molar-refractivity contribution in [3.05, 3.63) is 48.5 Å². The Kier molecular flexibility index (Phi) is 3.12. The quantitative estimate of drug-likeness (QED) is 0.757. The number of nitrogens with one attached hydrogen (secondary N) is 1. The van der Waals surface area contributed by atoms with Gasteiger partial charge in [0.05, 0.1) is 6.04 Å². The Morgan fingerprint density at radius 2 is 1.75 bits per heavy atom. The first-order valence-electron chi connectivity index (χ1n) is 6.21. The van der Waals surface area contributed by atoms with Crippen LogP contribution in [0.25, 0.3) is 11.2 Å². The number of fused-ring (bicyclic) bond motifs is 1. The fraction of sp³-hybridized carbons (Fsp3) is 0.143. The van der Waals surface area contributed by atoms with Gasteiger partial charge < -0.3 is 10.4 Å². The van der Waals surface area contributed by atoms with Crippen LogP contribution in [-0.4, -0.2) is 25.0 Å². The van der Waals surface area contributed by atoms with Crippen LogP contribution in [-0.2, 0) is 0 Å². The maximum atomic E-state index is 9.31. The van der Waals surface area contributed by atoms with Crippen LogP contribution in [0, 0.1) is 0 Å². The third kappa shape index (κ3) is 2.35. The highest BCUT2D eigenvalue weighted by atomic mass is 16.3. The molecule has 0 spiro atoms. The van der Waals surface area contributed by atoms with Crippen molar-refractivity contribution >= 4 is 17.0 Å². The summed E-state index contributed by atoms with van der Waals surface area (Å²) < 4.78 is 0. The lowest BCUT2D eigenvalue weighted by Crippen LogP contribution is -2.09. The van der Waals surface area contributed by atoms with E-state index in [1.807, 2.05) is 19.1 Å². The van der Waals surface area contributed by atoms with Crippen molar-refractivity contribution in [3.63, 3.8) is 0 Å². The van der Waals surface area contributed by atoms with Crippen LogP contribution in [0.3, 0.4) is 0 Å². The summed E-state index contributed by atoms with van der Waals surface area (Å²) in [5, 5.41) is 12.6. The highest BCUT2D eigenvalue weighted by Gasteiger charge is 2.10. The fourth-order valence-corrected chi connectivity index (χ4v) is 1.95. The number of phenols is 1. The molecule has 0 saturated heterocycles. The van der Waals surface area contributed by atoms with Crippen molar-refractivity contribution in [3.8, 4) is 5.75 Å². The van der Waals surface area contributed by atoms with Gasteiger partial charge in [-0.15, -0.1) is 0 Å². The van der Waals surface area contributed by atoms with Gasteiger partial charge in [-0.05, 0) is 24.6 Å². The monoisotopic (exact) mass is 267 g/mol. The number of hydrogen-bond donors (Lipinski definition) is 2. The van der Waals surface area contributed by atoms with Crippen LogP contribution < -0.4 is 5.32 Å². The van der Waals surface area contributed by atoms with Gasteiger partial charge in [-0.25, -0.2) is 19.9 Å². The van der Waals surface area contributed by atoms with Gasteiger partial charge in [0.25, 0.3) is 0 Å². The van der Waals surface area contributed by atoms with Gasteiger partial charge in [-0.3, -0.25) is 0 Å². The number of rotatable bonds is 3. The van der Waals surface area contributed by atoms with E-state index in [-0.39, 0.29) is 11.8 Å². The molecule has 0 amide bonds. The second-order valence-electron chi connectivity index (χ2n) is 4.41. The van der Waals surface area contributed by atoms with Crippen molar-refractivity contribution in [2.45, 2.75) is 13.0 Å². The molecule has 20 heavy (non-hydrogen) atoms. The first kappa shape index (κ1) is 12.3. The first-order chi connectivity index (χ1) is 9.74. The minimum absolute atomic E-state index is 0.0238. The van der Waals surface area contributed by atoms with Crippen LogP contribution in [0.2, 0.25) is 0 Å². The average Bonchev–Trinajstić information content (AvgIpc) is 2.48. The van der Waals surface area contributed by atoms with E-state index in [0.29, 0.717) is 17.0 Å². The Morgan fingerprint density at radius 3 is 2.55 bits per heavy atom. The van der Waals surface area contributed by atoms with E-state index in [1.165, 1.54) is 6.33 Å². The Morgan fingerprint density at radius 1 is 1.00 bits per heavy atom. The minimum atomic E-state index is 0.0238. The average molecular weight is 267 g/mol. The molecule has 6 heteroatoms. The van der Waals surface area contributed by atoms with E-state index >= 15 is 0 Å². The van der Waals surface area contributed by atoms with Gasteiger partial charge in [0.2, 0.25) is 0 Å². The molecule has 2 heterocycles. The summed E-state index contributed by atoms with van der Waals surface area (Å²) in [6.07, 6.45) is 4.67. The number of nitrogens with zero attached hydrogens (tertiary/aromatic N) is 4. The Bertz CT molecular complexity index is 724. The zero-order valence-electron chi connectivity index (χ0n) is 10.9. The SMILES string of the molecule is CC(Nc1ncnc2nccnc12)c1ccc(O)cc1. The number of anilines is 1. The molecule has 0 aliphatic carbocycles. The van der Waals surface area contributed by atoms with Crippen LogP contribution in [0.4, 0.5) is 5.82 Å². The van der Waals surface area contributed by atoms with E-state index in [0.717, 1.165) is 5.56 Å². The standard InChI is InChI=1S/C14H13N5O/c1-9(10-2-4-11(20)5-3-10)19-14-12-13(17-8-18-14)16-7-6-15-12/h2-9,20H,1H3,(H,16,17,18,19). The topological polar surface area (TPSA) is 83.8 Å². The van der Waals surface area contributed by atoms with Crippen molar-refractivity contribution in [2.24, 2.45) is 0 Å². The highest BCUT2D eigenvalue weighted by molar-refractivity contribution is 5.81. The normalized spacial score (nSPS) is 12.2. The molecule has 0 bridgehead atoms. The van der Waals surface area contributed by atoms with Crippen molar-refractivity contribution in [2.75, 3.05) is 5.32 Å². The number of aromatic nitrogens is 4. The second-order valence-corrected chi connectivity index (χ2v) is 4.41. The number of aromatic hydroxyl groups is 1. The first-order valence-corrected chi connectivity index (χ1v) is 6.21. The second kappa shape index (κ2) is 5.08. The molecule has 1 unspecified atom stereocenters. The number of phenolic OH excluding ortho intramolecular Hbond substituents is 1. The molecule has 2 aromatic heterocycles. The Hall–Kier alpha value is -2.76. The molecule has 0 fully saturated rings. The molecular formula is C14H13N5O. The summed E-state index contributed by atoms with van der Waals surface area (Å²) in [7, 11) is 0. The van der Waals surface area contributed by atoms with Crippen LogP contribution in [0.5, 0.6) is 5.75 Å². The Labute approximate surface area is 115 Å². The lowest BCUT2D eigenvalue weighted by molar-refractivity contribution is 0.475. The smallest absolute Gasteiger partial charge is 0.183 e. The lowest BCUT2D eigenvalue weighted by atomic mass is 10.1. The summed E-state index contributed by atoms with van der Waals surface area (Å²) in [4.78, 5) is 16.7. The van der Waals surface area contributed by atoms with Gasteiger partial charge in [0.15, 0.2) is 11.5 Å². The van der Waals surface area contributed by atoms with E-state index in [4.69, 9.17) is 0 Å². The molecule has 1 aromatic carbocycles. The fourth-order valence-electron chi connectivity index (χ4n) is 1.95. The maximum absolute atomic E-state index is 9.31. The highest BCUT2D eigenvalue weighted by Crippen LogP contribution is 2.22. The van der Waals surface area contributed by atoms with Gasteiger partial charge in [-0.2, -0.15) is 0 Å². The predicted molar refractivity (Wildman–Crippen MR) is 75.3 cm³/mol. The third-order valence-electron chi connectivity index (χ3n) is 3.02. The van der Waals surface area contributed by atoms with E-state index < -0.39 is 0 Å². The molecule has 100 valence electrons. The predicted octanol–water partition coefficient (Wildman–Crippen LogP) is 2.30. The molecule has 0 aliphatic heterocycles. The van der Waals surface area contributed by atoms with Crippen molar-refractivity contribution in [1.29, 1.82) is 0 Å². The molecule has 3 aromatic rings. The van der Waals surface area contributed by atoms with Crippen LogP contribution in [0.15, 0.2) is 43.0 Å². The van der Waals surface area contributed by atoms with Gasteiger partial charge in [0, 0.05) is 12.4 Å². The molecule has 1 atom stereocenters. The number of hydrogen-bond acceptors (Lipinski definition) is 6. The lowest BCUT2D eigenvalue weighted by Gasteiger charge is -2.15. The van der Waals surface area contributed by atoms with Crippen LogP contribution >= 0.6 is 0 Å². The molecule has 3 rings (SSSR count). The molecule has 0 aliphatic rings. The molecule has 0 saturated carbocycles. The molecule has 0 radical (unpaired) electrons. The van der Waals surface area contributed by atoms with Crippen LogP contribution in [0.1, 0.15) is 18.5 Å². The van der Waals surface area contributed by atoms with E-state index in [2.05, 4.69) is 25.3 Å². The Balaban J connectivity index is 1.91. The van der Waals surface area contributed by atoms with Gasteiger partial charge in [0.1, 0.15) is 17.6 Å². The van der Waals surface area contributed by atoms with Crippen molar-refractivity contribution in [1.82, 2.24) is 19.9 Å². The third-order valence-corrected chi connectivity index (χ3v) is 3.02. The zero-order chi connectivity index (χ0) is 13.9. The van der Waals surface area contributed by atoms with E-state index in [9.17, 15) is 5.11 Å². The molecular weight excluding hydrogens is 254 g/mol. The molecule has 2 N–H and O–H groups in total. The van der Waals surface area contributed by atoms with Crippen molar-refractivity contribution < 1.29 is 5.11 Å². The minimum Gasteiger partial charge on any atom is -0.508 e. The summed E-state index contributed by atoms with van der Waals surface area (Å²) in [5.74, 6) is 0.892. The van der Waals surface area contributed by atoms with Gasteiger partial charge in [-0.1, -0.05) is 12.1 Å². The van der Waals surface area contributed by atoms with E-state index in [1.54, 1.807) is 24.5 Å². The zero-order valence-corrected chi connectivity index (χ0v) is 10.9. The summed E-state index contributed by atoms with van der Waals surface area (Å²) in [6.45, 7) is 2.01. The largest absolute Gasteiger partial charge is 0.508 e. The summed E-state index contributed by atoms with van der Waals surface area (Å²) in [5.41, 5.74) is 2.24.